The van der Waals surface area contributed by atoms with Crippen molar-refractivity contribution in [3.05, 3.63) is 93.0 Å². The Morgan fingerprint density at radius 1 is 0.867 bits per heavy atom. The highest BCUT2D eigenvalue weighted by Crippen LogP contribution is 2.25. The number of hydrogen-bond donors (Lipinski definition) is 1. The van der Waals surface area contributed by atoms with E-state index in [2.05, 4.69) is 5.32 Å². The molecular formula is C22H17N2O6-. The van der Waals surface area contributed by atoms with Gasteiger partial charge in [-0.05, 0) is 67.4 Å². The first-order valence-electron chi connectivity index (χ1n) is 8.91. The highest BCUT2D eigenvalue weighted by molar-refractivity contribution is 6.10. The predicted molar refractivity (Wildman–Crippen MR) is 108 cm³/mol. The average molecular weight is 405 g/mol. The number of aromatic carboxylic acids is 1. The Morgan fingerprint density at radius 3 is 2.13 bits per heavy atom. The number of nitrogens with one attached hydrogen (secondary N) is 1. The van der Waals surface area contributed by atoms with Crippen LogP contribution in [0.5, 0.6) is 11.5 Å². The summed E-state index contributed by atoms with van der Waals surface area (Å²) in [5.74, 6) is -1.17. The molecule has 0 aromatic heterocycles. The normalized spacial score (nSPS) is 10.3. The molecule has 0 aliphatic heterocycles. The molecule has 8 nitrogen and oxygen atoms in total. The minimum atomic E-state index is -1.68. The van der Waals surface area contributed by atoms with Gasteiger partial charge in [-0.2, -0.15) is 0 Å². The first kappa shape index (κ1) is 20.5. The Labute approximate surface area is 171 Å². The lowest BCUT2D eigenvalue weighted by Gasteiger charge is -2.12. The number of nitro benzene ring substituents is 1. The van der Waals surface area contributed by atoms with Crippen LogP contribution in [0.3, 0.4) is 0 Å². The summed E-state index contributed by atoms with van der Waals surface area (Å²) in [5.41, 5.74) is 1.41. The molecule has 0 fully saturated rings. The largest absolute Gasteiger partial charge is 0.545 e. The van der Waals surface area contributed by atoms with E-state index in [1.54, 1.807) is 24.3 Å². The van der Waals surface area contributed by atoms with Crippen molar-refractivity contribution >= 4 is 23.3 Å². The zero-order valence-corrected chi connectivity index (χ0v) is 16.2. The molecule has 0 atom stereocenters. The second-order valence-corrected chi connectivity index (χ2v) is 6.60. The lowest BCUT2D eigenvalue weighted by Crippen LogP contribution is -2.26. The molecule has 30 heavy (non-hydrogen) atoms. The number of benzene rings is 3. The van der Waals surface area contributed by atoms with Crippen molar-refractivity contribution in [2.45, 2.75) is 13.8 Å². The Morgan fingerprint density at radius 2 is 1.53 bits per heavy atom. The van der Waals surface area contributed by atoms with Crippen LogP contribution in [0.2, 0.25) is 0 Å². The molecule has 3 aromatic carbocycles. The van der Waals surface area contributed by atoms with E-state index in [0.29, 0.717) is 17.2 Å². The van der Waals surface area contributed by atoms with Crippen LogP contribution < -0.4 is 15.2 Å². The molecule has 3 aromatic rings. The molecule has 0 bridgehead atoms. The maximum absolute atomic E-state index is 12.5. The topological polar surface area (TPSA) is 122 Å². The van der Waals surface area contributed by atoms with Crippen molar-refractivity contribution < 1.29 is 24.4 Å². The summed E-state index contributed by atoms with van der Waals surface area (Å²) in [5, 5.41) is 24.7. The summed E-state index contributed by atoms with van der Waals surface area (Å²) in [7, 11) is 0. The van der Waals surface area contributed by atoms with Crippen molar-refractivity contribution in [1.29, 1.82) is 0 Å². The number of non-ortho nitro benzene ring substituents is 1. The fourth-order valence-corrected chi connectivity index (χ4v) is 2.73. The van der Waals surface area contributed by atoms with E-state index < -0.39 is 28.1 Å². The first-order valence-corrected chi connectivity index (χ1v) is 8.91. The van der Waals surface area contributed by atoms with Crippen molar-refractivity contribution in [3.63, 3.8) is 0 Å². The average Bonchev–Trinajstić information content (AvgIpc) is 2.71. The molecule has 0 aliphatic rings. The van der Waals surface area contributed by atoms with Gasteiger partial charge in [0.1, 0.15) is 11.5 Å². The number of amides is 1. The number of carbonyl (C=O) groups excluding carboxylic acids is 2. The predicted octanol–water partition coefficient (Wildman–Crippen LogP) is 3.62. The van der Waals surface area contributed by atoms with Gasteiger partial charge in [-0.25, -0.2) is 0 Å². The molecule has 0 spiro atoms. The van der Waals surface area contributed by atoms with E-state index in [-0.39, 0.29) is 5.56 Å². The number of hydrogen-bond acceptors (Lipinski definition) is 6. The lowest BCUT2D eigenvalue weighted by molar-refractivity contribution is -0.385. The van der Waals surface area contributed by atoms with Gasteiger partial charge in [0.25, 0.3) is 11.6 Å². The molecule has 1 N–H and O–H groups in total. The number of carboxylic acid groups (broad SMARTS) is 1. The van der Waals surface area contributed by atoms with Crippen LogP contribution in [0.1, 0.15) is 31.8 Å². The monoisotopic (exact) mass is 405 g/mol. The quantitative estimate of drug-likeness (QED) is 0.494. The SMILES string of the molecule is Cc1ccc(Oc2ccc(NC(=O)c3ccc([N+](=O)[O-])cc3C(=O)[O-])cc2)cc1C. The number of nitro groups is 1. The van der Waals surface area contributed by atoms with Gasteiger partial charge in [-0.1, -0.05) is 6.07 Å². The van der Waals surface area contributed by atoms with Gasteiger partial charge in [0.2, 0.25) is 0 Å². The molecule has 0 saturated heterocycles. The smallest absolute Gasteiger partial charge is 0.270 e. The molecule has 1 amide bonds. The number of anilines is 1. The summed E-state index contributed by atoms with van der Waals surface area (Å²) in [6, 6.07) is 15.2. The Bertz CT molecular complexity index is 1140. The number of ether oxygens (including phenoxy) is 1. The minimum Gasteiger partial charge on any atom is -0.545 e. The zero-order chi connectivity index (χ0) is 21.8. The fourth-order valence-electron chi connectivity index (χ4n) is 2.73. The number of rotatable bonds is 6. The second kappa shape index (κ2) is 8.44. The third-order valence-corrected chi connectivity index (χ3v) is 4.50. The van der Waals surface area contributed by atoms with Crippen molar-refractivity contribution in [2.75, 3.05) is 5.32 Å². The molecule has 0 heterocycles. The van der Waals surface area contributed by atoms with E-state index in [9.17, 15) is 24.8 Å². The van der Waals surface area contributed by atoms with Crippen molar-refractivity contribution in [2.24, 2.45) is 0 Å². The van der Waals surface area contributed by atoms with Crippen molar-refractivity contribution in [3.8, 4) is 11.5 Å². The molecule has 3 rings (SSSR count). The molecule has 0 unspecified atom stereocenters. The molecule has 0 aliphatic carbocycles. The number of carboxylic acids is 1. The van der Waals surface area contributed by atoms with Gasteiger partial charge in [-0.15, -0.1) is 0 Å². The van der Waals surface area contributed by atoms with E-state index in [1.807, 2.05) is 32.0 Å². The highest BCUT2D eigenvalue weighted by Gasteiger charge is 2.17. The minimum absolute atomic E-state index is 0.240. The van der Waals surface area contributed by atoms with Crippen LogP contribution in [0.4, 0.5) is 11.4 Å². The Kier molecular flexibility index (Phi) is 5.78. The second-order valence-electron chi connectivity index (χ2n) is 6.60. The van der Waals surface area contributed by atoms with E-state index in [4.69, 9.17) is 4.74 Å². The third kappa shape index (κ3) is 4.61. The summed E-state index contributed by atoms with van der Waals surface area (Å²) in [4.78, 5) is 33.8. The molecule has 0 radical (unpaired) electrons. The standard InChI is InChI=1S/C22H18N2O6/c1-13-3-7-18(11-14(13)2)30-17-8-4-15(5-9-17)23-21(25)19-10-6-16(24(28)29)12-20(19)22(26)27/h3-12H,1-2H3,(H,23,25)(H,26,27)/p-1. The molecule has 0 saturated carbocycles. The zero-order valence-electron chi connectivity index (χ0n) is 16.2. The van der Waals surface area contributed by atoms with Crippen LogP contribution >= 0.6 is 0 Å². The lowest BCUT2D eigenvalue weighted by atomic mass is 10.1. The summed E-state index contributed by atoms with van der Waals surface area (Å²) in [6.45, 7) is 3.99. The van der Waals surface area contributed by atoms with Gasteiger partial charge in [0, 0.05) is 28.9 Å². The van der Waals surface area contributed by atoms with E-state index in [0.717, 1.165) is 29.3 Å². The first-order chi connectivity index (χ1) is 14.2. The fraction of sp³-hybridized carbons (Fsp3) is 0.0909. The molecular weight excluding hydrogens is 388 g/mol. The van der Waals surface area contributed by atoms with E-state index >= 15 is 0 Å². The summed E-state index contributed by atoms with van der Waals surface area (Å²) in [6.07, 6.45) is 0. The van der Waals surface area contributed by atoms with Gasteiger partial charge in [-0.3, -0.25) is 14.9 Å². The molecule has 152 valence electrons. The van der Waals surface area contributed by atoms with Gasteiger partial charge < -0.3 is 20.0 Å². The molecule has 8 heteroatoms. The van der Waals surface area contributed by atoms with Gasteiger partial charge in [0.15, 0.2) is 0 Å². The van der Waals surface area contributed by atoms with Crippen molar-refractivity contribution in [1.82, 2.24) is 0 Å². The maximum atomic E-state index is 12.5. The number of carbonyl (C=O) groups is 2. The maximum Gasteiger partial charge on any atom is 0.270 e. The number of nitrogens with zero attached hydrogens (tertiary/aromatic N) is 1. The third-order valence-electron chi connectivity index (χ3n) is 4.50. The van der Waals surface area contributed by atoms with Crippen LogP contribution in [0, 0.1) is 24.0 Å². The van der Waals surface area contributed by atoms with Crippen LogP contribution in [0.25, 0.3) is 0 Å². The summed E-state index contributed by atoms with van der Waals surface area (Å²) < 4.78 is 5.78. The van der Waals surface area contributed by atoms with Crippen LogP contribution in [0.15, 0.2) is 60.7 Å². The highest BCUT2D eigenvalue weighted by atomic mass is 16.6. The van der Waals surface area contributed by atoms with Crippen LogP contribution in [-0.4, -0.2) is 16.8 Å². The van der Waals surface area contributed by atoms with E-state index in [1.165, 1.54) is 0 Å². The van der Waals surface area contributed by atoms with Crippen LogP contribution in [-0.2, 0) is 0 Å². The van der Waals surface area contributed by atoms with Gasteiger partial charge >= 0.3 is 0 Å². The Balaban J connectivity index is 1.75. The number of aryl methyl sites for hydroxylation is 2. The Hall–Kier alpha value is -4.20. The van der Waals surface area contributed by atoms with Gasteiger partial charge in [0.05, 0.1) is 10.9 Å². The summed E-state index contributed by atoms with van der Waals surface area (Å²) >= 11 is 0.